The van der Waals surface area contributed by atoms with Gasteiger partial charge in [0.1, 0.15) is 0 Å². The second kappa shape index (κ2) is 10.6. The number of rotatable bonds is 5. The third kappa shape index (κ3) is 6.08. The van der Waals surface area contributed by atoms with Crippen LogP contribution in [0.1, 0.15) is 48.2 Å². The van der Waals surface area contributed by atoms with Crippen molar-refractivity contribution in [3.05, 3.63) is 105 Å². The molecule has 1 amide bonds. The highest BCUT2D eigenvalue weighted by molar-refractivity contribution is 6.01. The highest BCUT2D eigenvalue weighted by Crippen LogP contribution is 2.41. The van der Waals surface area contributed by atoms with Crippen LogP contribution in [-0.4, -0.2) is 21.8 Å². The molecule has 0 saturated carbocycles. The van der Waals surface area contributed by atoms with E-state index in [0.29, 0.717) is 16.6 Å². The number of alkyl halides is 3. The van der Waals surface area contributed by atoms with E-state index in [1.54, 1.807) is 25.1 Å². The minimum atomic E-state index is -4.63. The summed E-state index contributed by atoms with van der Waals surface area (Å²) in [4.78, 5) is 25.6. The van der Waals surface area contributed by atoms with Crippen molar-refractivity contribution in [2.24, 2.45) is 0 Å². The third-order valence-electron chi connectivity index (χ3n) is 6.62. The number of carbonyl (C=O) groups is 1. The first-order valence-electron chi connectivity index (χ1n) is 12.4. The molecule has 40 heavy (non-hydrogen) atoms. The van der Waals surface area contributed by atoms with Crippen LogP contribution in [0.5, 0.6) is 0 Å². The number of hydrogen-bond donors (Lipinski definition) is 2. The van der Waals surface area contributed by atoms with E-state index in [9.17, 15) is 27.9 Å². The summed E-state index contributed by atoms with van der Waals surface area (Å²) < 4.78 is 46.3. The molecule has 0 bridgehead atoms. The van der Waals surface area contributed by atoms with Crippen LogP contribution < -0.4 is 10.9 Å². The molecule has 6 nitrogen and oxygen atoms in total. The fourth-order valence-corrected chi connectivity index (χ4v) is 4.68. The Balaban J connectivity index is 1.77. The number of aromatic nitrogens is 1. The van der Waals surface area contributed by atoms with Gasteiger partial charge in [-0.2, -0.15) is 13.2 Å². The van der Waals surface area contributed by atoms with Crippen LogP contribution in [0.25, 0.3) is 10.8 Å². The van der Waals surface area contributed by atoms with Gasteiger partial charge in [0.25, 0.3) is 5.91 Å². The molecule has 3 aromatic carbocycles. The Hall–Kier alpha value is -4.42. The molecular formula is C31H27F3N2O4. The van der Waals surface area contributed by atoms with Gasteiger partial charge in [0, 0.05) is 23.1 Å². The van der Waals surface area contributed by atoms with Crippen molar-refractivity contribution in [2.75, 3.05) is 5.32 Å². The van der Waals surface area contributed by atoms with Crippen LogP contribution in [0, 0.1) is 25.7 Å². The Morgan fingerprint density at radius 3 is 2.35 bits per heavy atom. The number of carbonyl (C=O) groups excluding carboxylic acids is 1. The highest BCUT2D eigenvalue weighted by atomic mass is 19.4. The predicted molar refractivity (Wildman–Crippen MR) is 146 cm³/mol. The van der Waals surface area contributed by atoms with Crippen LogP contribution in [-0.2, 0) is 16.4 Å². The molecule has 1 atom stereocenters. The van der Waals surface area contributed by atoms with Gasteiger partial charge in [0.05, 0.1) is 16.6 Å². The minimum Gasteiger partial charge on any atom is -0.369 e. The van der Waals surface area contributed by atoms with E-state index in [1.807, 2.05) is 13.0 Å². The van der Waals surface area contributed by atoms with Crippen molar-refractivity contribution >= 4 is 22.4 Å². The van der Waals surface area contributed by atoms with Crippen LogP contribution >= 0.6 is 0 Å². The maximum Gasteiger partial charge on any atom is 0.416 e. The molecule has 0 radical (unpaired) electrons. The van der Waals surface area contributed by atoms with Crippen molar-refractivity contribution < 1.29 is 27.6 Å². The molecule has 9 heteroatoms. The molecule has 4 aromatic rings. The molecule has 0 saturated heterocycles. The maximum atomic E-state index is 13.8. The number of nitrogens with zero attached hydrogens (tertiary/aromatic N) is 1. The summed E-state index contributed by atoms with van der Waals surface area (Å²) >= 11 is 0. The number of halogens is 3. The molecule has 0 aliphatic carbocycles. The molecule has 4 rings (SSSR count). The summed E-state index contributed by atoms with van der Waals surface area (Å²) in [6, 6.07) is 16.6. The second-order valence-electron chi connectivity index (χ2n) is 10.4. The summed E-state index contributed by atoms with van der Waals surface area (Å²) in [5.74, 6) is 4.52. The van der Waals surface area contributed by atoms with Gasteiger partial charge >= 0.3 is 11.8 Å². The molecule has 0 aliphatic heterocycles. The van der Waals surface area contributed by atoms with Gasteiger partial charge < -0.3 is 14.9 Å². The second-order valence-corrected chi connectivity index (χ2v) is 10.4. The fourth-order valence-electron chi connectivity index (χ4n) is 4.68. The summed E-state index contributed by atoms with van der Waals surface area (Å²) in [7, 11) is 0. The van der Waals surface area contributed by atoms with E-state index in [-0.39, 0.29) is 16.6 Å². The molecule has 1 unspecified atom stereocenters. The molecule has 1 heterocycles. The lowest BCUT2D eigenvalue weighted by atomic mass is 9.73. The average Bonchev–Trinajstić information content (AvgIpc) is 2.89. The normalized spacial score (nSPS) is 13.3. The monoisotopic (exact) mass is 548 g/mol. The van der Waals surface area contributed by atoms with Gasteiger partial charge in [-0.3, -0.25) is 4.79 Å². The van der Waals surface area contributed by atoms with Crippen LogP contribution in [0.4, 0.5) is 18.9 Å². The average molecular weight is 549 g/mol. The molecule has 0 fully saturated rings. The van der Waals surface area contributed by atoms with Gasteiger partial charge in [-0.15, -0.1) is 0 Å². The van der Waals surface area contributed by atoms with Gasteiger partial charge in [-0.1, -0.05) is 61.2 Å². The number of fused-ring (bicyclic) bond motifs is 1. The van der Waals surface area contributed by atoms with Crippen molar-refractivity contribution in [2.45, 2.75) is 51.3 Å². The first-order chi connectivity index (χ1) is 18.7. The third-order valence-corrected chi connectivity index (χ3v) is 6.62. The van der Waals surface area contributed by atoms with E-state index in [4.69, 9.17) is 4.52 Å². The molecule has 1 aromatic heterocycles. The minimum absolute atomic E-state index is 0.0785. The Morgan fingerprint density at radius 2 is 1.68 bits per heavy atom. The van der Waals surface area contributed by atoms with Crippen LogP contribution in [0.3, 0.4) is 0 Å². The Bertz CT molecular complexity index is 1710. The fraction of sp³-hybridized carbons (Fsp3) is 0.258. The van der Waals surface area contributed by atoms with E-state index in [0.717, 1.165) is 11.6 Å². The number of aryl methyl sites for hydroxylation is 2. The predicted octanol–water partition coefficient (Wildman–Crippen LogP) is 5.91. The Morgan fingerprint density at radius 1 is 0.975 bits per heavy atom. The zero-order valence-electron chi connectivity index (χ0n) is 22.3. The largest absolute Gasteiger partial charge is 0.416 e. The Kier molecular flexibility index (Phi) is 7.59. The summed E-state index contributed by atoms with van der Waals surface area (Å²) in [5.41, 5.74) is -3.24. The highest BCUT2D eigenvalue weighted by Gasteiger charge is 2.44. The number of anilines is 1. The zero-order valence-corrected chi connectivity index (χ0v) is 22.3. The summed E-state index contributed by atoms with van der Waals surface area (Å²) in [6.45, 7) is 6.53. The number of aliphatic hydroxyl groups is 1. The van der Waals surface area contributed by atoms with E-state index < -0.39 is 40.7 Å². The van der Waals surface area contributed by atoms with E-state index >= 15 is 0 Å². The molecule has 206 valence electrons. The van der Waals surface area contributed by atoms with E-state index in [2.05, 4.69) is 22.3 Å². The van der Waals surface area contributed by atoms with Gasteiger partial charge in [0.2, 0.25) is 5.60 Å². The first kappa shape index (κ1) is 28.6. The molecule has 0 spiro atoms. The smallest absolute Gasteiger partial charge is 0.369 e. The zero-order chi connectivity index (χ0) is 29.3. The lowest BCUT2D eigenvalue weighted by Crippen LogP contribution is -2.46. The summed E-state index contributed by atoms with van der Waals surface area (Å²) in [6.07, 6.45) is -5.08. The van der Waals surface area contributed by atoms with Crippen molar-refractivity contribution in [1.82, 2.24) is 5.16 Å². The standard InChI is InChI=1S/C31H27F3N2O4/c1-19-8-7-9-21(16-19)14-15-30(39,18-29(3,4)25-10-5-6-11-26(25)31(32,33)34)28(38)35-22-12-13-23-24(17-22)20(2)36-40-27(23)37/h5-13,16-17,39H,18H2,1-4H3,(H,35,38). The number of benzene rings is 3. The van der Waals surface area contributed by atoms with Crippen molar-refractivity contribution in [3.8, 4) is 11.8 Å². The van der Waals surface area contributed by atoms with Gasteiger partial charge in [0.15, 0.2) is 0 Å². The summed E-state index contributed by atoms with van der Waals surface area (Å²) in [5, 5.41) is 18.7. The molecule has 2 N–H and O–H groups in total. The quantitative estimate of drug-likeness (QED) is 0.303. The first-order valence-corrected chi connectivity index (χ1v) is 12.4. The SMILES string of the molecule is Cc1cccc(C#CC(O)(CC(C)(C)c2ccccc2C(F)(F)F)C(=O)Nc2ccc3c(=O)onc(C)c3c2)c1. The van der Waals surface area contributed by atoms with Gasteiger partial charge in [-0.25, -0.2) is 4.79 Å². The lowest BCUT2D eigenvalue weighted by Gasteiger charge is -2.34. The number of amides is 1. The number of hydrogen-bond acceptors (Lipinski definition) is 5. The Labute approximate surface area is 228 Å². The van der Waals surface area contributed by atoms with Gasteiger partial charge in [-0.05, 0) is 66.8 Å². The van der Waals surface area contributed by atoms with Crippen LogP contribution in [0.15, 0.2) is 76.0 Å². The van der Waals surface area contributed by atoms with Crippen LogP contribution in [0.2, 0.25) is 0 Å². The lowest BCUT2D eigenvalue weighted by molar-refractivity contribution is -0.139. The number of nitrogens with one attached hydrogen (secondary N) is 1. The topological polar surface area (TPSA) is 92.4 Å². The van der Waals surface area contributed by atoms with E-state index in [1.165, 1.54) is 50.2 Å². The van der Waals surface area contributed by atoms with Crippen molar-refractivity contribution in [3.63, 3.8) is 0 Å². The molecular weight excluding hydrogens is 521 g/mol. The van der Waals surface area contributed by atoms with Crippen molar-refractivity contribution in [1.29, 1.82) is 0 Å². The molecule has 0 aliphatic rings. The maximum absolute atomic E-state index is 13.8.